The number of urea groups is 1. The number of hydrogen-bond acceptors (Lipinski definition) is 5. The molecule has 0 radical (unpaired) electrons. The molecule has 0 bridgehead atoms. The van der Waals surface area contributed by atoms with E-state index in [0.717, 1.165) is 24.5 Å². The molecule has 1 aliphatic heterocycles. The second kappa shape index (κ2) is 8.35. The fraction of sp³-hybridized carbons (Fsp3) is 0.250. The number of nitrogens with one attached hydrogen (secondary N) is 2. The van der Waals surface area contributed by atoms with Gasteiger partial charge < -0.3 is 20.3 Å². The van der Waals surface area contributed by atoms with E-state index in [1.807, 2.05) is 31.3 Å². The highest BCUT2D eigenvalue weighted by atomic mass is 16.5. The summed E-state index contributed by atoms with van der Waals surface area (Å²) in [5, 5.41) is 5.56. The molecule has 0 atom stereocenters. The Bertz CT molecular complexity index is 862. The molecule has 1 aliphatic rings. The number of nitrogens with zero attached hydrogens (tertiary/aromatic N) is 2. The summed E-state index contributed by atoms with van der Waals surface area (Å²) < 4.78 is 4.94. The monoisotopic (exact) mass is 366 g/mol. The smallest absolute Gasteiger partial charge is 0.338 e. The first kappa shape index (κ1) is 18.4. The molecule has 0 aromatic heterocycles. The molecule has 1 heterocycles. The van der Waals surface area contributed by atoms with Crippen LogP contribution in [0.2, 0.25) is 0 Å². The summed E-state index contributed by atoms with van der Waals surface area (Å²) in [5.41, 5.74) is 2.66. The van der Waals surface area contributed by atoms with Crippen LogP contribution in [-0.4, -0.2) is 49.5 Å². The Morgan fingerprint density at radius 3 is 2.52 bits per heavy atom. The van der Waals surface area contributed by atoms with Crippen molar-refractivity contribution in [1.29, 1.82) is 0 Å². The minimum atomic E-state index is -0.384. The Hall–Kier alpha value is -3.35. The minimum absolute atomic E-state index is 0.322. The molecular formula is C20H22N4O3. The molecule has 0 unspecified atom stereocenters. The average molecular weight is 366 g/mol. The molecule has 140 valence electrons. The van der Waals surface area contributed by atoms with Crippen LogP contribution in [0.3, 0.4) is 0 Å². The molecule has 0 aliphatic carbocycles. The van der Waals surface area contributed by atoms with Gasteiger partial charge in [-0.25, -0.2) is 9.59 Å². The fourth-order valence-electron chi connectivity index (χ4n) is 2.78. The third-order valence-corrected chi connectivity index (χ3v) is 4.09. The van der Waals surface area contributed by atoms with Gasteiger partial charge in [0.05, 0.1) is 18.7 Å². The number of carbonyl (C=O) groups excluding carboxylic acids is 2. The van der Waals surface area contributed by atoms with Gasteiger partial charge in [0.1, 0.15) is 5.84 Å². The summed E-state index contributed by atoms with van der Waals surface area (Å²) in [6, 6.07) is 13.7. The van der Waals surface area contributed by atoms with Gasteiger partial charge in [-0.2, -0.15) is 0 Å². The van der Waals surface area contributed by atoms with E-state index in [-0.39, 0.29) is 12.0 Å². The molecule has 0 saturated carbocycles. The number of aliphatic imine (C=N–C) groups is 1. The quantitative estimate of drug-likeness (QED) is 0.796. The lowest BCUT2D eigenvalue weighted by Crippen LogP contribution is -2.24. The van der Waals surface area contributed by atoms with Crippen LogP contribution in [0, 0.1) is 0 Å². The van der Waals surface area contributed by atoms with Gasteiger partial charge in [0.25, 0.3) is 0 Å². The van der Waals surface area contributed by atoms with Gasteiger partial charge in [-0.15, -0.1) is 0 Å². The van der Waals surface area contributed by atoms with E-state index in [9.17, 15) is 9.59 Å². The summed E-state index contributed by atoms with van der Waals surface area (Å²) in [5.74, 6) is 0.540. The van der Waals surface area contributed by atoms with Crippen molar-refractivity contribution < 1.29 is 14.3 Å². The van der Waals surface area contributed by atoms with E-state index >= 15 is 0 Å². The van der Waals surface area contributed by atoms with E-state index < -0.39 is 0 Å². The number of hydrogen-bond donors (Lipinski definition) is 2. The zero-order chi connectivity index (χ0) is 19.2. The van der Waals surface area contributed by atoms with Gasteiger partial charge in [-0.3, -0.25) is 4.99 Å². The van der Waals surface area contributed by atoms with Crippen molar-refractivity contribution in [2.75, 3.05) is 37.4 Å². The fourth-order valence-corrected chi connectivity index (χ4v) is 2.78. The zero-order valence-electron chi connectivity index (χ0n) is 15.4. The molecule has 27 heavy (non-hydrogen) atoms. The van der Waals surface area contributed by atoms with E-state index in [1.165, 1.54) is 0 Å². The van der Waals surface area contributed by atoms with Crippen LogP contribution < -0.4 is 10.6 Å². The first-order valence-corrected chi connectivity index (χ1v) is 8.78. The summed E-state index contributed by atoms with van der Waals surface area (Å²) in [6.45, 7) is 3.76. The molecule has 0 fully saturated rings. The van der Waals surface area contributed by atoms with Gasteiger partial charge in [0.2, 0.25) is 0 Å². The SMILES string of the molecule is CCOC(=O)c1ccc(NC(=O)Nc2cccc(C3=NCCN3C)c2)cc1. The van der Waals surface area contributed by atoms with Crippen LogP contribution in [0.25, 0.3) is 0 Å². The number of benzene rings is 2. The minimum Gasteiger partial charge on any atom is -0.462 e. The van der Waals surface area contributed by atoms with Gasteiger partial charge in [0, 0.05) is 30.5 Å². The van der Waals surface area contributed by atoms with E-state index in [0.29, 0.717) is 23.5 Å². The maximum absolute atomic E-state index is 12.2. The number of rotatable bonds is 5. The maximum Gasteiger partial charge on any atom is 0.338 e. The summed E-state index contributed by atoms with van der Waals surface area (Å²) in [7, 11) is 2.00. The van der Waals surface area contributed by atoms with E-state index in [1.54, 1.807) is 31.2 Å². The average Bonchev–Trinajstić information content (AvgIpc) is 3.08. The number of carbonyl (C=O) groups is 2. The predicted molar refractivity (Wildman–Crippen MR) is 106 cm³/mol. The largest absolute Gasteiger partial charge is 0.462 e. The number of ether oxygens (including phenoxy) is 1. The lowest BCUT2D eigenvalue weighted by molar-refractivity contribution is 0.0526. The Kier molecular flexibility index (Phi) is 5.71. The van der Waals surface area contributed by atoms with Crippen LogP contribution in [-0.2, 0) is 4.74 Å². The van der Waals surface area contributed by atoms with E-state index in [2.05, 4.69) is 20.5 Å². The second-order valence-corrected chi connectivity index (χ2v) is 6.08. The van der Waals surface area contributed by atoms with Crippen molar-refractivity contribution in [2.24, 2.45) is 4.99 Å². The first-order chi connectivity index (χ1) is 13.1. The third kappa shape index (κ3) is 4.63. The maximum atomic E-state index is 12.2. The van der Waals surface area contributed by atoms with Crippen molar-refractivity contribution in [2.45, 2.75) is 6.92 Å². The van der Waals surface area contributed by atoms with Crippen molar-refractivity contribution in [1.82, 2.24) is 4.90 Å². The Balaban J connectivity index is 1.62. The molecule has 2 amide bonds. The van der Waals surface area contributed by atoms with E-state index in [4.69, 9.17) is 4.74 Å². The van der Waals surface area contributed by atoms with Crippen LogP contribution in [0.15, 0.2) is 53.5 Å². The molecule has 7 nitrogen and oxygen atoms in total. The lowest BCUT2D eigenvalue weighted by atomic mass is 10.1. The molecule has 3 rings (SSSR count). The highest BCUT2D eigenvalue weighted by Gasteiger charge is 2.15. The number of likely N-dealkylation sites (N-methyl/N-ethyl adjacent to an activating group) is 1. The number of esters is 1. The summed E-state index contributed by atoms with van der Waals surface area (Å²) >= 11 is 0. The van der Waals surface area contributed by atoms with Gasteiger partial charge >= 0.3 is 12.0 Å². The van der Waals surface area contributed by atoms with Crippen LogP contribution in [0.1, 0.15) is 22.8 Å². The normalized spacial score (nSPS) is 13.1. The zero-order valence-corrected chi connectivity index (χ0v) is 15.4. The molecule has 0 saturated heterocycles. The summed E-state index contributed by atoms with van der Waals surface area (Å²) in [4.78, 5) is 30.5. The van der Waals surface area contributed by atoms with Gasteiger partial charge in [-0.05, 0) is 43.3 Å². The van der Waals surface area contributed by atoms with Crippen LogP contribution in [0.5, 0.6) is 0 Å². The van der Waals surface area contributed by atoms with Gasteiger partial charge in [-0.1, -0.05) is 12.1 Å². The lowest BCUT2D eigenvalue weighted by Gasteiger charge is -2.15. The first-order valence-electron chi connectivity index (χ1n) is 8.78. The van der Waals surface area contributed by atoms with Gasteiger partial charge in [0.15, 0.2) is 0 Å². The van der Waals surface area contributed by atoms with Crippen LogP contribution >= 0.6 is 0 Å². The summed E-state index contributed by atoms with van der Waals surface area (Å²) in [6.07, 6.45) is 0. The van der Waals surface area contributed by atoms with Crippen molar-refractivity contribution in [3.05, 3.63) is 59.7 Å². The Morgan fingerprint density at radius 1 is 1.11 bits per heavy atom. The van der Waals surface area contributed by atoms with Crippen molar-refractivity contribution in [3.8, 4) is 0 Å². The number of amidine groups is 1. The Labute approximate surface area is 158 Å². The topological polar surface area (TPSA) is 83.0 Å². The molecule has 2 aromatic carbocycles. The second-order valence-electron chi connectivity index (χ2n) is 6.08. The van der Waals surface area contributed by atoms with Crippen LogP contribution in [0.4, 0.5) is 16.2 Å². The molecule has 2 aromatic rings. The highest BCUT2D eigenvalue weighted by Crippen LogP contribution is 2.16. The molecule has 0 spiro atoms. The third-order valence-electron chi connectivity index (χ3n) is 4.09. The standard InChI is InChI=1S/C20H22N4O3/c1-3-27-19(25)14-7-9-16(10-8-14)22-20(26)23-17-6-4-5-15(13-17)18-21-11-12-24(18)2/h4-10,13H,3,11-12H2,1-2H3,(H2,22,23,26). The highest BCUT2D eigenvalue weighted by molar-refractivity contribution is 6.03. The van der Waals surface area contributed by atoms with Crippen molar-refractivity contribution >= 4 is 29.2 Å². The predicted octanol–water partition coefficient (Wildman–Crippen LogP) is 3.20. The molecular weight excluding hydrogens is 344 g/mol. The van der Waals surface area contributed by atoms with Crippen molar-refractivity contribution in [3.63, 3.8) is 0 Å². The number of amides is 2. The molecule has 7 heteroatoms. The Morgan fingerprint density at radius 2 is 1.85 bits per heavy atom. The number of anilines is 2. The molecule has 2 N–H and O–H groups in total.